The zero-order valence-corrected chi connectivity index (χ0v) is 16.2. The summed E-state index contributed by atoms with van der Waals surface area (Å²) in [7, 11) is 3.55. The van der Waals surface area contributed by atoms with Crippen LogP contribution in [0.25, 0.3) is 0 Å². The van der Waals surface area contributed by atoms with E-state index in [-0.39, 0.29) is 5.91 Å². The number of carbonyl (C=O) groups excluding carboxylic acids is 1. The summed E-state index contributed by atoms with van der Waals surface area (Å²) in [5, 5.41) is 3.00. The van der Waals surface area contributed by atoms with E-state index in [0.717, 1.165) is 17.1 Å². The Kier molecular flexibility index (Phi) is 5.58. The fourth-order valence-electron chi connectivity index (χ4n) is 2.66. The maximum absolute atomic E-state index is 12.8. The van der Waals surface area contributed by atoms with E-state index in [2.05, 4.69) is 21.2 Å². The number of hydrogen-bond acceptors (Lipinski definition) is 3. The molecular formula is C21H19BrN2O2. The van der Waals surface area contributed by atoms with Crippen LogP contribution in [0.5, 0.6) is 5.75 Å². The number of para-hydroxylation sites is 3. The molecule has 0 unspecified atom stereocenters. The topological polar surface area (TPSA) is 41.6 Å². The third-order valence-electron chi connectivity index (χ3n) is 4.08. The molecule has 0 bridgehead atoms. The van der Waals surface area contributed by atoms with Crippen molar-refractivity contribution in [3.63, 3.8) is 0 Å². The molecule has 0 aliphatic heterocycles. The third kappa shape index (κ3) is 3.89. The zero-order chi connectivity index (χ0) is 18.5. The predicted octanol–water partition coefficient (Wildman–Crippen LogP) is 5.48. The highest BCUT2D eigenvalue weighted by Gasteiger charge is 2.15. The number of methoxy groups -OCH3 is 1. The van der Waals surface area contributed by atoms with Crippen molar-refractivity contribution in [1.29, 1.82) is 0 Å². The summed E-state index contributed by atoms with van der Waals surface area (Å²) >= 11 is 3.43. The van der Waals surface area contributed by atoms with E-state index in [9.17, 15) is 4.79 Å². The van der Waals surface area contributed by atoms with E-state index < -0.39 is 0 Å². The predicted molar refractivity (Wildman–Crippen MR) is 110 cm³/mol. The molecular weight excluding hydrogens is 392 g/mol. The molecule has 5 heteroatoms. The fourth-order valence-corrected chi connectivity index (χ4v) is 3.08. The highest BCUT2D eigenvalue weighted by atomic mass is 79.9. The van der Waals surface area contributed by atoms with Crippen LogP contribution in [0.2, 0.25) is 0 Å². The number of rotatable bonds is 5. The number of ether oxygens (including phenoxy) is 1. The summed E-state index contributed by atoms with van der Waals surface area (Å²) < 4.78 is 5.93. The second kappa shape index (κ2) is 8.06. The van der Waals surface area contributed by atoms with Gasteiger partial charge in [-0.2, -0.15) is 0 Å². The van der Waals surface area contributed by atoms with Crippen molar-refractivity contribution >= 4 is 38.9 Å². The van der Waals surface area contributed by atoms with Crippen molar-refractivity contribution in [3.05, 3.63) is 82.8 Å². The van der Waals surface area contributed by atoms with Gasteiger partial charge in [-0.05, 0) is 58.4 Å². The number of nitrogens with one attached hydrogen (secondary N) is 1. The van der Waals surface area contributed by atoms with Crippen LogP contribution in [-0.4, -0.2) is 20.1 Å². The Morgan fingerprint density at radius 1 is 1.00 bits per heavy atom. The van der Waals surface area contributed by atoms with Gasteiger partial charge in [-0.3, -0.25) is 4.79 Å². The van der Waals surface area contributed by atoms with Crippen molar-refractivity contribution in [2.75, 3.05) is 24.4 Å². The summed E-state index contributed by atoms with van der Waals surface area (Å²) in [5.41, 5.74) is 3.20. The van der Waals surface area contributed by atoms with Crippen LogP contribution < -0.4 is 15.0 Å². The first-order chi connectivity index (χ1) is 12.6. The molecule has 0 radical (unpaired) electrons. The minimum absolute atomic E-state index is 0.204. The quantitative estimate of drug-likeness (QED) is 0.605. The lowest BCUT2D eigenvalue weighted by Crippen LogP contribution is -2.17. The molecule has 26 heavy (non-hydrogen) atoms. The molecule has 0 saturated carbocycles. The van der Waals surface area contributed by atoms with Crippen molar-refractivity contribution in [2.45, 2.75) is 0 Å². The smallest absolute Gasteiger partial charge is 0.257 e. The van der Waals surface area contributed by atoms with Crippen molar-refractivity contribution in [3.8, 4) is 5.75 Å². The Morgan fingerprint density at radius 2 is 1.69 bits per heavy atom. The molecule has 0 aliphatic carbocycles. The normalized spacial score (nSPS) is 10.3. The van der Waals surface area contributed by atoms with Gasteiger partial charge < -0.3 is 15.0 Å². The number of carbonyl (C=O) groups is 1. The summed E-state index contributed by atoms with van der Waals surface area (Å²) in [6, 6.07) is 23.0. The van der Waals surface area contributed by atoms with Crippen molar-refractivity contribution in [1.82, 2.24) is 0 Å². The van der Waals surface area contributed by atoms with Gasteiger partial charge in [0.25, 0.3) is 5.91 Å². The van der Waals surface area contributed by atoms with Crippen LogP contribution in [0.3, 0.4) is 0 Å². The van der Waals surface area contributed by atoms with Crippen molar-refractivity contribution < 1.29 is 9.53 Å². The highest BCUT2D eigenvalue weighted by Crippen LogP contribution is 2.31. The van der Waals surface area contributed by atoms with E-state index >= 15 is 0 Å². The van der Waals surface area contributed by atoms with Crippen LogP contribution in [0, 0.1) is 0 Å². The van der Waals surface area contributed by atoms with Crippen LogP contribution in [0.1, 0.15) is 10.4 Å². The first kappa shape index (κ1) is 18.0. The van der Waals surface area contributed by atoms with Gasteiger partial charge >= 0.3 is 0 Å². The lowest BCUT2D eigenvalue weighted by molar-refractivity contribution is 0.102. The molecule has 1 amide bonds. The van der Waals surface area contributed by atoms with Gasteiger partial charge in [-0.1, -0.05) is 30.3 Å². The van der Waals surface area contributed by atoms with E-state index in [1.807, 2.05) is 66.5 Å². The standard InChI is InChI=1S/C21H19BrN2O2/c1-24(15-8-4-3-5-9-15)20-11-7-6-10-19(20)23-21(25)17-14-16(26-2)12-13-18(17)22/h3-14H,1-2H3,(H,23,25). The van der Waals surface area contributed by atoms with Crippen LogP contribution in [0.4, 0.5) is 17.1 Å². The monoisotopic (exact) mass is 410 g/mol. The molecule has 0 saturated heterocycles. The van der Waals surface area contributed by atoms with E-state index in [1.165, 1.54) is 0 Å². The number of amides is 1. The Hall–Kier alpha value is -2.79. The maximum Gasteiger partial charge on any atom is 0.257 e. The Bertz CT molecular complexity index is 913. The molecule has 0 aliphatic rings. The summed E-state index contributed by atoms with van der Waals surface area (Å²) in [6.45, 7) is 0. The van der Waals surface area contributed by atoms with Crippen LogP contribution in [0.15, 0.2) is 77.3 Å². The third-order valence-corrected chi connectivity index (χ3v) is 4.77. The largest absolute Gasteiger partial charge is 0.497 e. The average molecular weight is 411 g/mol. The number of halogens is 1. The minimum Gasteiger partial charge on any atom is -0.497 e. The van der Waals surface area contributed by atoms with Gasteiger partial charge in [0.05, 0.1) is 24.0 Å². The SMILES string of the molecule is COc1ccc(Br)c(C(=O)Nc2ccccc2N(C)c2ccccc2)c1. The molecule has 3 rings (SSSR count). The molecule has 0 aromatic heterocycles. The van der Waals surface area contributed by atoms with E-state index in [0.29, 0.717) is 15.8 Å². The second-order valence-corrected chi connectivity index (χ2v) is 6.57. The lowest BCUT2D eigenvalue weighted by Gasteiger charge is -2.23. The maximum atomic E-state index is 12.8. The molecule has 3 aromatic rings. The van der Waals surface area contributed by atoms with Gasteiger partial charge in [0, 0.05) is 17.2 Å². The summed E-state index contributed by atoms with van der Waals surface area (Å²) in [6.07, 6.45) is 0. The van der Waals surface area contributed by atoms with E-state index in [4.69, 9.17) is 4.74 Å². The molecule has 0 heterocycles. The number of benzene rings is 3. The molecule has 132 valence electrons. The Balaban J connectivity index is 1.90. The molecule has 0 spiro atoms. The van der Waals surface area contributed by atoms with Crippen LogP contribution >= 0.6 is 15.9 Å². The van der Waals surface area contributed by atoms with Crippen molar-refractivity contribution in [2.24, 2.45) is 0 Å². The average Bonchev–Trinajstić information content (AvgIpc) is 2.69. The van der Waals surface area contributed by atoms with Gasteiger partial charge in [-0.15, -0.1) is 0 Å². The summed E-state index contributed by atoms with van der Waals surface area (Å²) in [5.74, 6) is 0.428. The minimum atomic E-state index is -0.204. The zero-order valence-electron chi connectivity index (χ0n) is 14.6. The molecule has 1 N–H and O–H groups in total. The van der Waals surface area contributed by atoms with Gasteiger partial charge in [0.2, 0.25) is 0 Å². The summed E-state index contributed by atoms with van der Waals surface area (Å²) in [4.78, 5) is 14.8. The fraction of sp³-hybridized carbons (Fsp3) is 0.0952. The second-order valence-electron chi connectivity index (χ2n) is 5.71. The number of anilines is 3. The van der Waals surface area contributed by atoms with E-state index in [1.54, 1.807) is 25.3 Å². The Morgan fingerprint density at radius 3 is 2.42 bits per heavy atom. The first-order valence-electron chi connectivity index (χ1n) is 8.13. The molecule has 0 atom stereocenters. The lowest BCUT2D eigenvalue weighted by atomic mass is 10.1. The number of nitrogens with zero attached hydrogens (tertiary/aromatic N) is 1. The molecule has 4 nitrogen and oxygen atoms in total. The van der Waals surface area contributed by atoms with Crippen LogP contribution in [-0.2, 0) is 0 Å². The number of hydrogen-bond donors (Lipinski definition) is 1. The first-order valence-corrected chi connectivity index (χ1v) is 8.92. The Labute approximate surface area is 161 Å². The van der Waals surface area contributed by atoms with Gasteiger partial charge in [0.1, 0.15) is 5.75 Å². The molecule has 3 aromatic carbocycles. The highest BCUT2D eigenvalue weighted by molar-refractivity contribution is 9.10. The molecule has 0 fully saturated rings. The van der Waals surface area contributed by atoms with Gasteiger partial charge in [0.15, 0.2) is 0 Å². The van der Waals surface area contributed by atoms with Gasteiger partial charge in [-0.25, -0.2) is 0 Å².